The number of ether oxygens (including phenoxy) is 2. The predicted molar refractivity (Wildman–Crippen MR) is 93.8 cm³/mol. The van der Waals surface area contributed by atoms with Crippen LogP contribution in [0.2, 0.25) is 0 Å². The van der Waals surface area contributed by atoms with E-state index in [0.29, 0.717) is 6.61 Å². The number of hydrogen-bond donors (Lipinski definition) is 0. The van der Waals surface area contributed by atoms with Crippen molar-refractivity contribution in [3.8, 4) is 0 Å². The van der Waals surface area contributed by atoms with Gasteiger partial charge in [0.2, 0.25) is 0 Å². The van der Waals surface area contributed by atoms with Crippen molar-refractivity contribution in [1.82, 2.24) is 9.88 Å². The lowest BCUT2D eigenvalue weighted by Gasteiger charge is -2.53. The van der Waals surface area contributed by atoms with Crippen LogP contribution in [0, 0.1) is 18.8 Å². The van der Waals surface area contributed by atoms with Gasteiger partial charge in [0.25, 0.3) is 0 Å². The van der Waals surface area contributed by atoms with Gasteiger partial charge >= 0.3 is 0 Å². The average molecular weight is 330 g/mol. The maximum absolute atomic E-state index is 6.16. The Kier molecular flexibility index (Phi) is 4.88. The summed E-state index contributed by atoms with van der Waals surface area (Å²) in [5.74, 6) is 1.75. The summed E-state index contributed by atoms with van der Waals surface area (Å²) in [6.07, 6.45) is 10.3. The van der Waals surface area contributed by atoms with Crippen LogP contribution in [0.1, 0.15) is 43.2 Å². The molecule has 24 heavy (non-hydrogen) atoms. The molecule has 2 aliphatic heterocycles. The van der Waals surface area contributed by atoms with Crippen LogP contribution >= 0.6 is 0 Å². The van der Waals surface area contributed by atoms with Crippen molar-refractivity contribution in [1.29, 1.82) is 0 Å². The molecule has 3 fully saturated rings. The number of hydrogen-bond acceptors (Lipinski definition) is 4. The van der Waals surface area contributed by atoms with E-state index in [1.165, 1.54) is 43.4 Å². The molecule has 0 bridgehead atoms. The zero-order valence-corrected chi connectivity index (χ0v) is 14.9. The molecule has 0 unspecified atom stereocenters. The Morgan fingerprint density at radius 3 is 2.92 bits per heavy atom. The molecule has 1 aliphatic carbocycles. The number of pyridine rings is 1. The van der Waals surface area contributed by atoms with Crippen molar-refractivity contribution in [3.05, 3.63) is 29.6 Å². The Bertz CT molecular complexity index is 552. The first-order valence-electron chi connectivity index (χ1n) is 9.55. The van der Waals surface area contributed by atoms with Gasteiger partial charge in [0, 0.05) is 45.2 Å². The van der Waals surface area contributed by atoms with Gasteiger partial charge in [-0.3, -0.25) is 9.88 Å². The Morgan fingerprint density at radius 1 is 1.25 bits per heavy atom. The van der Waals surface area contributed by atoms with Crippen molar-refractivity contribution < 1.29 is 9.47 Å². The molecule has 3 heterocycles. The lowest BCUT2D eigenvalue weighted by atomic mass is 9.79. The minimum atomic E-state index is 0.179. The summed E-state index contributed by atoms with van der Waals surface area (Å²) in [6, 6.07) is 2.15. The van der Waals surface area contributed by atoms with E-state index in [4.69, 9.17) is 9.47 Å². The lowest BCUT2D eigenvalue weighted by Crippen LogP contribution is -2.65. The van der Waals surface area contributed by atoms with Crippen molar-refractivity contribution in [2.24, 2.45) is 11.8 Å². The van der Waals surface area contributed by atoms with Crippen molar-refractivity contribution in [2.75, 3.05) is 32.8 Å². The second kappa shape index (κ2) is 7.11. The second-order valence-electron chi connectivity index (χ2n) is 8.22. The Hall–Kier alpha value is -0.970. The number of aromatic nitrogens is 1. The van der Waals surface area contributed by atoms with Crippen molar-refractivity contribution in [3.63, 3.8) is 0 Å². The zero-order chi connectivity index (χ0) is 16.4. The predicted octanol–water partition coefficient (Wildman–Crippen LogP) is 3.19. The van der Waals surface area contributed by atoms with Crippen LogP contribution in [-0.4, -0.2) is 48.3 Å². The molecule has 3 aliphatic rings. The van der Waals surface area contributed by atoms with Gasteiger partial charge in [-0.15, -0.1) is 0 Å². The van der Waals surface area contributed by atoms with Gasteiger partial charge in [-0.25, -0.2) is 0 Å². The fourth-order valence-electron chi connectivity index (χ4n) is 4.30. The van der Waals surface area contributed by atoms with E-state index in [1.807, 2.05) is 12.4 Å². The van der Waals surface area contributed by atoms with Crippen molar-refractivity contribution in [2.45, 2.75) is 51.2 Å². The van der Waals surface area contributed by atoms with Gasteiger partial charge in [-0.05, 0) is 62.0 Å². The monoisotopic (exact) mass is 330 g/mol. The molecule has 0 amide bonds. The van der Waals surface area contributed by atoms with Gasteiger partial charge in [0.1, 0.15) is 0 Å². The molecule has 1 saturated carbocycles. The van der Waals surface area contributed by atoms with E-state index in [2.05, 4.69) is 22.9 Å². The molecule has 1 atom stereocenters. The lowest BCUT2D eigenvalue weighted by molar-refractivity contribution is -0.180. The number of rotatable bonds is 7. The Morgan fingerprint density at radius 2 is 2.12 bits per heavy atom. The molecule has 0 aromatic carbocycles. The highest BCUT2D eigenvalue weighted by Gasteiger charge is 2.48. The zero-order valence-electron chi connectivity index (χ0n) is 14.9. The first-order chi connectivity index (χ1) is 11.7. The van der Waals surface area contributed by atoms with Crippen LogP contribution in [-0.2, 0) is 16.1 Å². The quantitative estimate of drug-likeness (QED) is 0.719. The summed E-state index contributed by atoms with van der Waals surface area (Å²) in [6.45, 7) is 8.17. The van der Waals surface area contributed by atoms with Gasteiger partial charge in [-0.2, -0.15) is 0 Å². The summed E-state index contributed by atoms with van der Waals surface area (Å²) >= 11 is 0. The highest BCUT2D eigenvalue weighted by Crippen LogP contribution is 2.40. The van der Waals surface area contributed by atoms with Crippen LogP contribution in [0.25, 0.3) is 0 Å². The molecule has 1 aromatic rings. The fourth-order valence-corrected chi connectivity index (χ4v) is 4.30. The van der Waals surface area contributed by atoms with Gasteiger partial charge < -0.3 is 9.47 Å². The van der Waals surface area contributed by atoms with Crippen molar-refractivity contribution >= 4 is 0 Å². The number of nitrogens with zero attached hydrogens (tertiary/aromatic N) is 2. The molecule has 1 aromatic heterocycles. The van der Waals surface area contributed by atoms with E-state index in [9.17, 15) is 0 Å². The second-order valence-corrected chi connectivity index (χ2v) is 8.22. The van der Waals surface area contributed by atoms with Crippen LogP contribution in [0.3, 0.4) is 0 Å². The minimum absolute atomic E-state index is 0.179. The molecular formula is C20H30N2O2. The van der Waals surface area contributed by atoms with Gasteiger partial charge in [0.05, 0.1) is 12.2 Å². The summed E-state index contributed by atoms with van der Waals surface area (Å²) in [5, 5.41) is 0. The molecule has 4 heteroatoms. The van der Waals surface area contributed by atoms with E-state index in [1.54, 1.807) is 0 Å². The smallest absolute Gasteiger partial charge is 0.0937 e. The van der Waals surface area contributed by atoms with Crippen LogP contribution in [0.4, 0.5) is 0 Å². The molecule has 4 rings (SSSR count). The van der Waals surface area contributed by atoms with E-state index in [0.717, 1.165) is 44.6 Å². The van der Waals surface area contributed by atoms with Crippen LogP contribution < -0.4 is 0 Å². The Labute approximate surface area is 145 Å². The fraction of sp³-hybridized carbons (Fsp3) is 0.750. The van der Waals surface area contributed by atoms with Gasteiger partial charge in [0.15, 0.2) is 0 Å². The molecule has 4 nitrogen and oxygen atoms in total. The molecule has 0 radical (unpaired) electrons. The molecular weight excluding hydrogens is 300 g/mol. The minimum Gasteiger partial charge on any atom is -0.377 e. The van der Waals surface area contributed by atoms with E-state index in [-0.39, 0.29) is 5.60 Å². The van der Waals surface area contributed by atoms with E-state index >= 15 is 0 Å². The maximum Gasteiger partial charge on any atom is 0.0937 e. The SMILES string of the molecule is Cc1cncc(COCC[C@@H]2CCOC3(C2)CN(CC2CC2)C3)c1. The third-order valence-corrected chi connectivity index (χ3v) is 5.70. The first kappa shape index (κ1) is 16.5. The van der Waals surface area contributed by atoms with E-state index < -0.39 is 0 Å². The summed E-state index contributed by atoms with van der Waals surface area (Å²) < 4.78 is 12.0. The maximum atomic E-state index is 6.16. The normalized spacial score (nSPS) is 26.5. The third-order valence-electron chi connectivity index (χ3n) is 5.70. The average Bonchev–Trinajstić information content (AvgIpc) is 3.35. The molecule has 0 N–H and O–H groups in total. The largest absolute Gasteiger partial charge is 0.377 e. The Balaban J connectivity index is 1.16. The van der Waals surface area contributed by atoms with Crippen LogP contribution in [0.5, 0.6) is 0 Å². The highest BCUT2D eigenvalue weighted by atomic mass is 16.5. The topological polar surface area (TPSA) is 34.6 Å². The standard InChI is InChI=1S/C20H30N2O2/c1-16-8-19(11-21-10-16)13-23-6-4-17-5-7-24-20(9-17)14-22(15-20)12-18-2-3-18/h8,10-11,17-18H,2-7,9,12-15H2,1H3/t17-/m1/s1. The van der Waals surface area contributed by atoms with Crippen LogP contribution in [0.15, 0.2) is 18.5 Å². The first-order valence-corrected chi connectivity index (χ1v) is 9.55. The molecule has 132 valence electrons. The van der Waals surface area contributed by atoms with Gasteiger partial charge in [-0.1, -0.05) is 6.07 Å². The summed E-state index contributed by atoms with van der Waals surface area (Å²) in [4.78, 5) is 6.82. The summed E-state index contributed by atoms with van der Waals surface area (Å²) in [7, 11) is 0. The highest BCUT2D eigenvalue weighted by molar-refractivity contribution is 5.15. The molecule has 2 saturated heterocycles. The summed E-state index contributed by atoms with van der Waals surface area (Å²) in [5.41, 5.74) is 2.55. The number of aryl methyl sites for hydroxylation is 1. The third kappa shape index (κ3) is 4.16. The number of likely N-dealkylation sites (tertiary alicyclic amines) is 1. The molecule has 1 spiro atoms.